The number of hydrogen-bond donors (Lipinski definition) is 1. The molecule has 0 radical (unpaired) electrons. The third-order valence-electron chi connectivity index (χ3n) is 2.48. The topological polar surface area (TPSA) is 44.5 Å². The largest absolute Gasteiger partial charge is 0.497 e. The molecule has 0 aliphatic carbocycles. The third kappa shape index (κ3) is 3.17. The van der Waals surface area contributed by atoms with Gasteiger partial charge in [-0.05, 0) is 51.8 Å². The lowest BCUT2D eigenvalue weighted by atomic mass is 10.2. The fourth-order valence-corrected chi connectivity index (χ4v) is 2.07. The number of benzene rings is 2. The lowest BCUT2D eigenvalue weighted by Crippen LogP contribution is -1.97. The zero-order valence-corrected chi connectivity index (χ0v) is 11.6. The van der Waals surface area contributed by atoms with Crippen LogP contribution in [0.3, 0.4) is 0 Å². The van der Waals surface area contributed by atoms with Crippen LogP contribution in [0.4, 0.5) is 5.69 Å². The Balaban J connectivity index is 2.06. The van der Waals surface area contributed by atoms with Crippen molar-refractivity contribution >= 4 is 21.6 Å². The van der Waals surface area contributed by atoms with Gasteiger partial charge < -0.3 is 15.2 Å². The fourth-order valence-electron chi connectivity index (χ4n) is 1.56. The van der Waals surface area contributed by atoms with Gasteiger partial charge >= 0.3 is 0 Å². The average Bonchev–Trinajstić information content (AvgIpc) is 2.38. The van der Waals surface area contributed by atoms with Crippen molar-refractivity contribution in [2.45, 2.75) is 6.61 Å². The molecule has 0 amide bonds. The van der Waals surface area contributed by atoms with Gasteiger partial charge in [0.2, 0.25) is 0 Å². The number of rotatable bonds is 4. The average molecular weight is 308 g/mol. The molecule has 0 fully saturated rings. The highest BCUT2D eigenvalue weighted by atomic mass is 79.9. The molecule has 0 atom stereocenters. The molecular weight excluding hydrogens is 294 g/mol. The van der Waals surface area contributed by atoms with Crippen molar-refractivity contribution in [1.82, 2.24) is 0 Å². The normalized spacial score (nSPS) is 10.1. The first-order valence-corrected chi connectivity index (χ1v) is 6.29. The minimum atomic E-state index is 0.486. The maximum absolute atomic E-state index is 5.72. The van der Waals surface area contributed by atoms with E-state index < -0.39 is 0 Å². The molecular formula is C14H14BrNO2. The minimum Gasteiger partial charge on any atom is -0.497 e. The molecule has 2 aromatic rings. The molecule has 0 heterocycles. The maximum atomic E-state index is 5.72. The van der Waals surface area contributed by atoms with Crippen LogP contribution in [-0.4, -0.2) is 7.11 Å². The van der Waals surface area contributed by atoms with Crippen molar-refractivity contribution in [3.8, 4) is 11.5 Å². The van der Waals surface area contributed by atoms with Crippen molar-refractivity contribution in [2.24, 2.45) is 0 Å². The molecule has 2 aromatic carbocycles. The number of nitrogen functional groups attached to an aromatic ring is 1. The van der Waals surface area contributed by atoms with E-state index in [1.165, 1.54) is 0 Å². The van der Waals surface area contributed by atoms with E-state index in [4.69, 9.17) is 15.2 Å². The molecule has 3 nitrogen and oxygen atoms in total. The highest BCUT2D eigenvalue weighted by molar-refractivity contribution is 9.10. The predicted octanol–water partition coefficient (Wildman–Crippen LogP) is 3.62. The first kappa shape index (κ1) is 12.8. The van der Waals surface area contributed by atoms with Gasteiger partial charge in [0.25, 0.3) is 0 Å². The van der Waals surface area contributed by atoms with E-state index in [-0.39, 0.29) is 0 Å². The third-order valence-corrected chi connectivity index (χ3v) is 3.10. The van der Waals surface area contributed by atoms with Crippen LogP contribution < -0.4 is 15.2 Å². The smallest absolute Gasteiger partial charge is 0.134 e. The zero-order valence-electron chi connectivity index (χ0n) is 10.0. The molecule has 0 aliphatic rings. The van der Waals surface area contributed by atoms with E-state index >= 15 is 0 Å². The summed E-state index contributed by atoms with van der Waals surface area (Å²) in [5, 5.41) is 0. The van der Waals surface area contributed by atoms with Crippen molar-refractivity contribution in [3.63, 3.8) is 0 Å². The van der Waals surface area contributed by atoms with E-state index in [0.29, 0.717) is 12.3 Å². The lowest BCUT2D eigenvalue weighted by Gasteiger charge is -2.09. The second-order valence-electron chi connectivity index (χ2n) is 3.83. The van der Waals surface area contributed by atoms with Gasteiger partial charge in [-0.15, -0.1) is 0 Å². The Morgan fingerprint density at radius 2 is 2.00 bits per heavy atom. The first-order chi connectivity index (χ1) is 8.69. The van der Waals surface area contributed by atoms with Crippen molar-refractivity contribution in [2.75, 3.05) is 12.8 Å². The molecule has 0 spiro atoms. The quantitative estimate of drug-likeness (QED) is 0.877. The Morgan fingerprint density at radius 1 is 1.17 bits per heavy atom. The molecule has 0 saturated heterocycles. The molecule has 4 heteroatoms. The van der Waals surface area contributed by atoms with E-state index in [1.807, 2.05) is 42.5 Å². The summed E-state index contributed by atoms with van der Waals surface area (Å²) in [4.78, 5) is 0. The Hall–Kier alpha value is -1.68. The van der Waals surface area contributed by atoms with Crippen LogP contribution in [0, 0.1) is 0 Å². The van der Waals surface area contributed by atoms with Gasteiger partial charge in [0.1, 0.15) is 18.1 Å². The van der Waals surface area contributed by atoms with E-state index in [9.17, 15) is 0 Å². The second kappa shape index (κ2) is 5.78. The van der Waals surface area contributed by atoms with Gasteiger partial charge in [0.05, 0.1) is 11.6 Å². The monoisotopic (exact) mass is 307 g/mol. The van der Waals surface area contributed by atoms with E-state index in [0.717, 1.165) is 21.5 Å². The lowest BCUT2D eigenvalue weighted by molar-refractivity contribution is 0.303. The van der Waals surface area contributed by atoms with Crippen LogP contribution in [0.5, 0.6) is 11.5 Å². The van der Waals surface area contributed by atoms with Crippen molar-refractivity contribution in [1.29, 1.82) is 0 Å². The predicted molar refractivity (Wildman–Crippen MR) is 75.9 cm³/mol. The zero-order chi connectivity index (χ0) is 13.0. The summed E-state index contributed by atoms with van der Waals surface area (Å²) >= 11 is 3.42. The highest BCUT2D eigenvalue weighted by Gasteiger charge is 2.02. The van der Waals surface area contributed by atoms with Crippen molar-refractivity contribution < 1.29 is 9.47 Å². The van der Waals surface area contributed by atoms with Gasteiger partial charge in [0.15, 0.2) is 0 Å². The number of halogens is 1. The highest BCUT2D eigenvalue weighted by Crippen LogP contribution is 2.27. The number of hydrogen-bond acceptors (Lipinski definition) is 3. The molecule has 18 heavy (non-hydrogen) atoms. The molecule has 0 aromatic heterocycles. The van der Waals surface area contributed by atoms with Crippen LogP contribution in [0.2, 0.25) is 0 Å². The summed E-state index contributed by atoms with van der Waals surface area (Å²) in [5.74, 6) is 1.60. The van der Waals surface area contributed by atoms with Crippen LogP contribution in [-0.2, 0) is 6.61 Å². The first-order valence-electron chi connectivity index (χ1n) is 5.50. The number of methoxy groups -OCH3 is 1. The SMILES string of the molecule is COc1cccc(COc2ccc(N)cc2Br)c1. The van der Waals surface area contributed by atoms with Crippen LogP contribution in [0.15, 0.2) is 46.9 Å². The number of nitrogens with two attached hydrogens (primary N) is 1. The molecule has 0 bridgehead atoms. The fraction of sp³-hybridized carbons (Fsp3) is 0.143. The van der Waals surface area contributed by atoms with Crippen LogP contribution >= 0.6 is 15.9 Å². The van der Waals surface area contributed by atoms with Crippen LogP contribution in [0.25, 0.3) is 0 Å². The van der Waals surface area contributed by atoms with Crippen LogP contribution in [0.1, 0.15) is 5.56 Å². The number of ether oxygens (including phenoxy) is 2. The van der Waals surface area contributed by atoms with Gasteiger partial charge in [-0.2, -0.15) is 0 Å². The molecule has 0 unspecified atom stereocenters. The Kier molecular flexibility index (Phi) is 4.10. The van der Waals surface area contributed by atoms with Gasteiger partial charge in [-0.3, -0.25) is 0 Å². The summed E-state index contributed by atoms with van der Waals surface area (Å²) in [7, 11) is 1.65. The van der Waals surface area contributed by atoms with Gasteiger partial charge in [0, 0.05) is 5.69 Å². The number of anilines is 1. The van der Waals surface area contributed by atoms with E-state index in [1.54, 1.807) is 7.11 Å². The molecule has 0 saturated carbocycles. The molecule has 2 N–H and O–H groups in total. The Bertz CT molecular complexity index is 543. The molecule has 0 aliphatic heterocycles. The summed E-state index contributed by atoms with van der Waals surface area (Å²) in [6, 6.07) is 13.3. The van der Waals surface area contributed by atoms with Crippen molar-refractivity contribution in [3.05, 3.63) is 52.5 Å². The minimum absolute atomic E-state index is 0.486. The summed E-state index contributed by atoms with van der Waals surface area (Å²) in [6.07, 6.45) is 0. The van der Waals surface area contributed by atoms with Gasteiger partial charge in [-0.1, -0.05) is 12.1 Å². The molecule has 2 rings (SSSR count). The second-order valence-corrected chi connectivity index (χ2v) is 4.68. The van der Waals surface area contributed by atoms with E-state index in [2.05, 4.69) is 15.9 Å². The summed E-state index contributed by atoms with van der Waals surface area (Å²) < 4.78 is 11.7. The Labute approximate surface area is 115 Å². The summed E-state index contributed by atoms with van der Waals surface area (Å²) in [6.45, 7) is 0.486. The summed E-state index contributed by atoms with van der Waals surface area (Å²) in [5.41, 5.74) is 7.43. The molecule has 94 valence electrons. The van der Waals surface area contributed by atoms with Gasteiger partial charge in [-0.25, -0.2) is 0 Å². The standard InChI is InChI=1S/C14H14BrNO2/c1-17-12-4-2-3-10(7-12)9-18-14-6-5-11(16)8-13(14)15/h2-8H,9,16H2,1H3. The maximum Gasteiger partial charge on any atom is 0.134 e. The Morgan fingerprint density at radius 3 is 2.72 bits per heavy atom.